The van der Waals surface area contributed by atoms with Gasteiger partial charge in [-0.2, -0.15) is 0 Å². The molecule has 0 fully saturated rings. The zero-order valence-corrected chi connectivity index (χ0v) is 17.5. The number of hydrogen-bond donors (Lipinski definition) is 0. The first-order valence-electron chi connectivity index (χ1n) is 9.39. The fourth-order valence-corrected chi connectivity index (χ4v) is 6.61. The fourth-order valence-electron chi connectivity index (χ4n) is 4.45. The quantitative estimate of drug-likeness (QED) is 0.695. The SMILES string of the molecule is CC(C)(C)c1cccc2c1=C=C1c3ccccc3C(=O)C1C=2[Si](C)(C)C. The number of allylic oxidation sites excluding steroid dienone is 1. The largest absolute Gasteiger partial charge is 0.293 e. The monoisotopic (exact) mass is 358 g/mol. The number of rotatable bonds is 1. The van der Waals surface area contributed by atoms with Crippen molar-refractivity contribution in [2.45, 2.75) is 45.8 Å². The predicted molar refractivity (Wildman–Crippen MR) is 112 cm³/mol. The van der Waals surface area contributed by atoms with Crippen LogP contribution in [0.15, 0.2) is 42.5 Å². The van der Waals surface area contributed by atoms with E-state index in [2.05, 4.69) is 70.4 Å². The number of ketones is 1. The summed E-state index contributed by atoms with van der Waals surface area (Å²) in [4.78, 5) is 13.3. The summed E-state index contributed by atoms with van der Waals surface area (Å²) in [6, 6.07) is 14.6. The molecule has 4 rings (SSSR count). The molecule has 2 heteroatoms. The molecule has 1 nitrogen and oxygen atoms in total. The summed E-state index contributed by atoms with van der Waals surface area (Å²) in [7, 11) is -1.72. The number of hydrogen-bond acceptors (Lipinski definition) is 1. The molecule has 1 unspecified atom stereocenters. The summed E-state index contributed by atoms with van der Waals surface area (Å²) in [6.07, 6.45) is 0. The molecule has 26 heavy (non-hydrogen) atoms. The Balaban J connectivity index is 2.24. The molecule has 2 aromatic rings. The van der Waals surface area contributed by atoms with Crippen molar-refractivity contribution in [3.63, 3.8) is 0 Å². The fraction of sp³-hybridized carbons (Fsp3) is 0.333. The zero-order chi connectivity index (χ0) is 18.9. The van der Waals surface area contributed by atoms with Gasteiger partial charge >= 0.3 is 0 Å². The van der Waals surface area contributed by atoms with E-state index in [1.54, 1.807) is 0 Å². The minimum atomic E-state index is -1.72. The second kappa shape index (κ2) is 5.42. The number of benzene rings is 2. The number of carbonyl (C=O) groups excluding carboxylic acids is 1. The molecular weight excluding hydrogens is 332 g/mol. The molecule has 0 heterocycles. The molecule has 0 amide bonds. The lowest BCUT2D eigenvalue weighted by Gasteiger charge is -2.29. The van der Waals surface area contributed by atoms with Crippen LogP contribution in [0.5, 0.6) is 0 Å². The van der Waals surface area contributed by atoms with Crippen LogP contribution >= 0.6 is 0 Å². The topological polar surface area (TPSA) is 17.1 Å². The van der Waals surface area contributed by atoms with Gasteiger partial charge in [-0.25, -0.2) is 0 Å². The highest BCUT2D eigenvalue weighted by Crippen LogP contribution is 2.44. The molecule has 0 saturated heterocycles. The van der Waals surface area contributed by atoms with Gasteiger partial charge in [-0.1, -0.05) is 88.1 Å². The molecular formula is C24H26OSi. The van der Waals surface area contributed by atoms with Crippen molar-refractivity contribution in [3.8, 4) is 0 Å². The van der Waals surface area contributed by atoms with E-state index in [1.165, 1.54) is 21.2 Å². The van der Waals surface area contributed by atoms with Gasteiger partial charge in [0.15, 0.2) is 5.78 Å². The molecule has 0 N–H and O–H groups in total. The van der Waals surface area contributed by atoms with Crippen molar-refractivity contribution in [2.24, 2.45) is 5.92 Å². The highest BCUT2D eigenvalue weighted by molar-refractivity contribution is 6.93. The van der Waals surface area contributed by atoms with E-state index in [-0.39, 0.29) is 17.1 Å². The second-order valence-electron chi connectivity index (χ2n) is 9.52. The average Bonchev–Trinajstić information content (AvgIpc) is 2.83. The van der Waals surface area contributed by atoms with E-state index in [9.17, 15) is 4.79 Å². The third-order valence-electron chi connectivity index (χ3n) is 5.55. The lowest BCUT2D eigenvalue weighted by Crippen LogP contribution is -2.45. The van der Waals surface area contributed by atoms with Gasteiger partial charge in [-0.05, 0) is 21.8 Å². The van der Waals surface area contributed by atoms with Gasteiger partial charge in [0.1, 0.15) is 0 Å². The average molecular weight is 359 g/mol. The molecule has 0 radical (unpaired) electrons. The normalized spacial score (nSPS) is 18.7. The molecule has 0 saturated carbocycles. The van der Waals surface area contributed by atoms with Crippen LogP contribution in [-0.4, -0.2) is 13.9 Å². The molecule has 0 aromatic heterocycles. The van der Waals surface area contributed by atoms with Crippen LogP contribution in [0.25, 0.3) is 16.5 Å². The van der Waals surface area contributed by atoms with Gasteiger partial charge in [0.2, 0.25) is 0 Å². The van der Waals surface area contributed by atoms with Gasteiger partial charge in [0, 0.05) is 16.4 Å². The maximum atomic E-state index is 13.3. The Bertz CT molecular complexity index is 1100. The van der Waals surface area contributed by atoms with Gasteiger partial charge in [0.25, 0.3) is 0 Å². The van der Waals surface area contributed by atoms with Crippen LogP contribution < -0.4 is 10.4 Å². The molecule has 2 aliphatic carbocycles. The summed E-state index contributed by atoms with van der Waals surface area (Å²) in [6.45, 7) is 13.8. The third kappa shape index (κ3) is 2.40. The van der Waals surface area contributed by atoms with Gasteiger partial charge < -0.3 is 0 Å². The van der Waals surface area contributed by atoms with Crippen molar-refractivity contribution in [1.82, 2.24) is 0 Å². The molecule has 0 aliphatic heterocycles. The highest BCUT2D eigenvalue weighted by atomic mass is 28.3. The van der Waals surface area contributed by atoms with E-state index in [0.717, 1.165) is 16.7 Å². The van der Waals surface area contributed by atoms with E-state index >= 15 is 0 Å². The van der Waals surface area contributed by atoms with Crippen LogP contribution in [0.4, 0.5) is 0 Å². The van der Waals surface area contributed by atoms with E-state index < -0.39 is 8.07 Å². The highest BCUT2D eigenvalue weighted by Gasteiger charge is 2.43. The predicted octanol–water partition coefficient (Wildman–Crippen LogP) is 4.30. The summed E-state index contributed by atoms with van der Waals surface area (Å²) >= 11 is 0. The zero-order valence-electron chi connectivity index (χ0n) is 16.5. The van der Waals surface area contributed by atoms with Crippen molar-refractivity contribution in [1.29, 1.82) is 0 Å². The van der Waals surface area contributed by atoms with Gasteiger partial charge in [0.05, 0.1) is 14.0 Å². The van der Waals surface area contributed by atoms with Crippen LogP contribution in [0.3, 0.4) is 0 Å². The third-order valence-corrected chi connectivity index (χ3v) is 7.73. The van der Waals surface area contributed by atoms with Gasteiger partial charge in [-0.15, -0.1) is 5.73 Å². The minimum Gasteiger partial charge on any atom is -0.293 e. The van der Waals surface area contributed by atoms with Crippen molar-refractivity contribution >= 4 is 30.4 Å². The van der Waals surface area contributed by atoms with Crippen LogP contribution in [-0.2, 0) is 5.41 Å². The standard InChI is InChI=1S/C24H26OSi/c1-24(2,3)20-13-9-12-17-18(20)14-19-15-10-7-8-11-16(15)22(25)21(19)23(17)26(4,5)6/h7-13,21H,1-6H3. The lowest BCUT2D eigenvalue weighted by molar-refractivity contribution is 0.0980. The first-order chi connectivity index (χ1) is 12.1. The number of carbonyl (C=O) groups is 1. The van der Waals surface area contributed by atoms with Gasteiger partial charge in [-0.3, -0.25) is 4.79 Å². The maximum absolute atomic E-state index is 13.3. The Labute approximate surface area is 156 Å². The number of fused-ring (bicyclic) bond motifs is 4. The van der Waals surface area contributed by atoms with E-state index in [1.807, 2.05) is 18.2 Å². The first-order valence-corrected chi connectivity index (χ1v) is 12.9. The first kappa shape index (κ1) is 17.3. The summed E-state index contributed by atoms with van der Waals surface area (Å²) in [5.74, 6) is 0.120. The summed E-state index contributed by atoms with van der Waals surface area (Å²) < 4.78 is 0. The van der Waals surface area contributed by atoms with Crippen molar-refractivity contribution in [2.75, 3.05) is 0 Å². The number of Topliss-reactive ketones (excluding diaryl/α,β-unsaturated/α-hetero) is 1. The molecule has 2 aliphatic rings. The van der Waals surface area contributed by atoms with Crippen LogP contribution in [0, 0.1) is 5.92 Å². The Kier molecular flexibility index (Phi) is 3.60. The molecule has 1 atom stereocenters. The smallest absolute Gasteiger partial charge is 0.175 e. The Morgan fingerprint density at radius 2 is 1.58 bits per heavy atom. The molecule has 0 bridgehead atoms. The summed E-state index contributed by atoms with van der Waals surface area (Å²) in [5.41, 5.74) is 8.10. The van der Waals surface area contributed by atoms with Crippen molar-refractivity contribution in [3.05, 3.63) is 69.6 Å². The Hall–Kier alpha value is -2.15. The Morgan fingerprint density at radius 1 is 0.923 bits per heavy atom. The van der Waals surface area contributed by atoms with Crippen LogP contribution in [0.1, 0.15) is 42.3 Å². The van der Waals surface area contributed by atoms with E-state index in [4.69, 9.17) is 0 Å². The molecule has 2 aromatic carbocycles. The van der Waals surface area contributed by atoms with Crippen LogP contribution in [0.2, 0.25) is 19.6 Å². The molecule has 0 spiro atoms. The van der Waals surface area contributed by atoms with E-state index in [0.29, 0.717) is 0 Å². The molecule has 132 valence electrons. The Morgan fingerprint density at radius 3 is 2.19 bits per heavy atom. The lowest BCUT2D eigenvalue weighted by atomic mass is 9.83. The minimum absolute atomic E-state index is 0.0401. The van der Waals surface area contributed by atoms with Crippen molar-refractivity contribution < 1.29 is 4.79 Å². The maximum Gasteiger partial charge on any atom is 0.175 e. The second-order valence-corrected chi connectivity index (χ2v) is 14.6. The summed E-state index contributed by atoms with van der Waals surface area (Å²) in [5, 5.41) is 3.83.